The van der Waals surface area contributed by atoms with E-state index < -0.39 is 0 Å². The molecule has 0 aliphatic heterocycles. The lowest BCUT2D eigenvalue weighted by molar-refractivity contribution is 0.475. The van der Waals surface area contributed by atoms with E-state index in [0.29, 0.717) is 5.92 Å². The summed E-state index contributed by atoms with van der Waals surface area (Å²) in [6.07, 6.45) is 6.09. The molecule has 2 aromatic rings. The molecule has 0 bridgehead atoms. The Morgan fingerprint density at radius 1 is 1.44 bits per heavy atom. The van der Waals surface area contributed by atoms with Gasteiger partial charge in [-0.3, -0.25) is 4.68 Å². The van der Waals surface area contributed by atoms with Gasteiger partial charge in [0.15, 0.2) is 0 Å². The first-order valence-electron chi connectivity index (χ1n) is 6.52. The van der Waals surface area contributed by atoms with Crippen LogP contribution in [0.2, 0.25) is 0 Å². The maximum absolute atomic E-state index is 6.22. The van der Waals surface area contributed by atoms with Gasteiger partial charge in [0, 0.05) is 24.2 Å². The molecule has 1 aromatic carbocycles. The van der Waals surface area contributed by atoms with Crippen molar-refractivity contribution >= 4 is 11.6 Å². The molecule has 1 aromatic heterocycles. The first-order chi connectivity index (χ1) is 8.78. The lowest BCUT2D eigenvalue weighted by Gasteiger charge is -2.29. The van der Waals surface area contributed by atoms with E-state index in [1.165, 1.54) is 17.5 Å². The summed E-state index contributed by atoms with van der Waals surface area (Å²) in [6, 6.07) is 8.67. The zero-order valence-corrected chi connectivity index (χ0v) is 11.3. The average Bonchev–Trinajstić information content (AvgIpc) is 2.84. The number of hydrogen-bond acceptors (Lipinski definition) is 1. The fourth-order valence-electron chi connectivity index (χ4n) is 2.63. The number of aromatic nitrogens is 2. The predicted octanol–water partition coefficient (Wildman–Crippen LogP) is 3.91. The summed E-state index contributed by atoms with van der Waals surface area (Å²) in [7, 11) is 0. The molecule has 3 heteroatoms. The smallest absolute Gasteiger partial charge is 0.0613 e. The topological polar surface area (TPSA) is 17.8 Å². The van der Waals surface area contributed by atoms with Gasteiger partial charge >= 0.3 is 0 Å². The zero-order valence-electron chi connectivity index (χ0n) is 10.5. The number of hydrogen-bond donors (Lipinski definition) is 0. The molecule has 0 spiro atoms. The van der Waals surface area contributed by atoms with Crippen LogP contribution < -0.4 is 0 Å². The number of benzene rings is 1. The van der Waals surface area contributed by atoms with Gasteiger partial charge in [0.1, 0.15) is 0 Å². The molecular weight excluding hydrogens is 244 g/mol. The van der Waals surface area contributed by atoms with E-state index in [4.69, 9.17) is 11.6 Å². The highest BCUT2D eigenvalue weighted by Gasteiger charge is 2.25. The van der Waals surface area contributed by atoms with Crippen LogP contribution in [0.25, 0.3) is 0 Å². The summed E-state index contributed by atoms with van der Waals surface area (Å²) >= 11 is 6.22. The van der Waals surface area contributed by atoms with Crippen LogP contribution in [0.5, 0.6) is 0 Å². The van der Waals surface area contributed by atoms with Crippen molar-refractivity contribution in [2.75, 3.05) is 0 Å². The molecule has 18 heavy (non-hydrogen) atoms. The van der Waals surface area contributed by atoms with Crippen molar-refractivity contribution in [2.24, 2.45) is 0 Å². The number of halogens is 1. The van der Waals surface area contributed by atoms with Crippen LogP contribution in [0, 0.1) is 0 Å². The van der Waals surface area contributed by atoms with E-state index >= 15 is 0 Å². The Kier molecular flexibility index (Phi) is 3.13. The number of alkyl halides is 1. The van der Waals surface area contributed by atoms with Crippen LogP contribution in [0.3, 0.4) is 0 Å². The number of nitrogens with zero attached hydrogens (tertiary/aromatic N) is 2. The SMILES string of the molecule is CCC(Cl)c1cnn(CC2Cc3ccccc32)c1. The lowest BCUT2D eigenvalue weighted by atomic mass is 9.78. The third-order valence-electron chi connectivity index (χ3n) is 3.74. The Balaban J connectivity index is 1.70. The summed E-state index contributed by atoms with van der Waals surface area (Å²) in [4.78, 5) is 0. The molecule has 0 saturated carbocycles. The minimum atomic E-state index is 0.0902. The Bertz CT molecular complexity index is 547. The van der Waals surface area contributed by atoms with Crippen LogP contribution in [-0.2, 0) is 13.0 Å². The molecule has 2 nitrogen and oxygen atoms in total. The van der Waals surface area contributed by atoms with Gasteiger partial charge in [-0.2, -0.15) is 5.10 Å². The van der Waals surface area contributed by atoms with Crippen molar-refractivity contribution in [3.63, 3.8) is 0 Å². The minimum Gasteiger partial charge on any atom is -0.272 e. The van der Waals surface area contributed by atoms with E-state index in [-0.39, 0.29) is 5.38 Å². The molecule has 1 aliphatic carbocycles. The molecule has 0 fully saturated rings. The fourth-order valence-corrected chi connectivity index (χ4v) is 2.74. The van der Waals surface area contributed by atoms with E-state index in [1.807, 2.05) is 10.9 Å². The maximum atomic E-state index is 6.22. The van der Waals surface area contributed by atoms with E-state index in [9.17, 15) is 0 Å². The summed E-state index contributed by atoms with van der Waals surface area (Å²) in [5, 5.41) is 4.50. The fraction of sp³-hybridized carbons (Fsp3) is 0.400. The maximum Gasteiger partial charge on any atom is 0.0613 e. The van der Waals surface area contributed by atoms with E-state index in [0.717, 1.165) is 18.5 Å². The van der Waals surface area contributed by atoms with Crippen LogP contribution in [0.1, 0.15) is 41.3 Å². The van der Waals surface area contributed by atoms with Crippen molar-refractivity contribution in [1.29, 1.82) is 0 Å². The molecule has 94 valence electrons. The molecular formula is C15H17ClN2. The van der Waals surface area contributed by atoms with E-state index in [1.54, 1.807) is 0 Å². The van der Waals surface area contributed by atoms with Crippen molar-refractivity contribution in [3.05, 3.63) is 53.3 Å². The van der Waals surface area contributed by atoms with Crippen LogP contribution in [0.15, 0.2) is 36.7 Å². The minimum absolute atomic E-state index is 0.0902. The van der Waals surface area contributed by atoms with Gasteiger partial charge in [0.25, 0.3) is 0 Å². The largest absolute Gasteiger partial charge is 0.272 e. The van der Waals surface area contributed by atoms with Gasteiger partial charge in [-0.1, -0.05) is 31.2 Å². The molecule has 2 atom stereocenters. The Morgan fingerprint density at radius 2 is 2.28 bits per heavy atom. The molecule has 0 radical (unpaired) electrons. The second kappa shape index (κ2) is 4.77. The summed E-state index contributed by atoms with van der Waals surface area (Å²) < 4.78 is 2.03. The molecule has 0 N–H and O–H groups in total. The first kappa shape index (κ1) is 11.8. The van der Waals surface area contributed by atoms with Crippen LogP contribution in [-0.4, -0.2) is 9.78 Å². The van der Waals surface area contributed by atoms with Crippen LogP contribution >= 0.6 is 11.6 Å². The Labute approximate surface area is 113 Å². The summed E-state index contributed by atoms with van der Waals surface area (Å²) in [5.41, 5.74) is 4.10. The van der Waals surface area contributed by atoms with Crippen molar-refractivity contribution in [2.45, 2.75) is 37.6 Å². The number of fused-ring (bicyclic) bond motifs is 1. The third kappa shape index (κ3) is 2.05. The quantitative estimate of drug-likeness (QED) is 0.762. The zero-order chi connectivity index (χ0) is 12.5. The first-order valence-corrected chi connectivity index (χ1v) is 6.95. The molecule has 1 heterocycles. The Morgan fingerprint density at radius 3 is 3.06 bits per heavy atom. The average molecular weight is 261 g/mol. The summed E-state index contributed by atoms with van der Waals surface area (Å²) in [5.74, 6) is 0.615. The van der Waals surface area contributed by atoms with Gasteiger partial charge < -0.3 is 0 Å². The predicted molar refractivity (Wildman–Crippen MR) is 74.0 cm³/mol. The molecule has 3 rings (SSSR count). The van der Waals surface area contributed by atoms with Gasteiger partial charge in [-0.15, -0.1) is 11.6 Å². The highest BCUT2D eigenvalue weighted by molar-refractivity contribution is 6.20. The van der Waals surface area contributed by atoms with Crippen LogP contribution in [0.4, 0.5) is 0 Å². The number of rotatable bonds is 4. The van der Waals surface area contributed by atoms with Crippen molar-refractivity contribution in [3.8, 4) is 0 Å². The van der Waals surface area contributed by atoms with Gasteiger partial charge in [-0.25, -0.2) is 0 Å². The Hall–Kier alpha value is -1.28. The highest BCUT2D eigenvalue weighted by atomic mass is 35.5. The molecule has 0 amide bonds. The lowest BCUT2D eigenvalue weighted by Crippen LogP contribution is -2.22. The van der Waals surface area contributed by atoms with Gasteiger partial charge in [-0.05, 0) is 24.0 Å². The molecule has 0 saturated heterocycles. The third-order valence-corrected chi connectivity index (χ3v) is 4.30. The summed E-state index contributed by atoms with van der Waals surface area (Å²) in [6.45, 7) is 3.06. The van der Waals surface area contributed by atoms with Gasteiger partial charge in [0.2, 0.25) is 0 Å². The van der Waals surface area contributed by atoms with Gasteiger partial charge in [0.05, 0.1) is 11.6 Å². The monoisotopic (exact) mass is 260 g/mol. The standard InChI is InChI=1S/C15H17ClN2/c1-2-15(16)13-8-17-18(10-13)9-12-7-11-5-3-4-6-14(11)12/h3-6,8,10,12,15H,2,7,9H2,1H3. The van der Waals surface area contributed by atoms with Crippen molar-refractivity contribution < 1.29 is 0 Å². The van der Waals surface area contributed by atoms with Crippen molar-refractivity contribution in [1.82, 2.24) is 9.78 Å². The highest BCUT2D eigenvalue weighted by Crippen LogP contribution is 2.36. The second-order valence-electron chi connectivity index (χ2n) is 4.97. The molecule has 2 unspecified atom stereocenters. The second-order valence-corrected chi connectivity index (χ2v) is 5.50. The van der Waals surface area contributed by atoms with E-state index in [2.05, 4.69) is 42.5 Å². The molecule has 1 aliphatic rings. The normalized spacial score (nSPS) is 19.1.